The number of hydrogen-bond donors (Lipinski definition) is 5. The lowest BCUT2D eigenvalue weighted by Crippen LogP contribution is -2.61. The standard InChI is InChI=1S/C93H135N13O23/c1-59-16-12-11-13-17-60(2)77(115-8)54-71-24-19-65(7)93(114,129-71)86(110)89(111)105-30-15-14-18-74(105)90(112)126-78(55-72(101-103-96)61(3)49-64(6)84(109)85(117-10)83(108)63(5)48-59)62(4)50-66-21-25-76(79(52-66)116-9)128-92(113)97-29-33-119-35-37-121-39-41-123-43-45-125-47-46-124-44-42-122-40-38-120-36-34-118-32-28-80(107)104-31-27-68-51-67(20-22-70(68)57-104)56-106-88-81(87(94)98-58-99-88)82(102-106)69-23-26-75-73(53-69)100-91(95)127-75/h11-13,16-17,20,22-23,26,49,51,53,58-59,61-63,65-66,71-72,74,76-79,84-85,109,114H,14-15,18-19,21,24-25,27-48,50,52,54-57H2,1-10H3,(H2,95,100)(H,97,113)(H2,94,98,99)/b13-11+,16-12+,60-17+,64-49+/t59-,61-,62-,63-,65-,66+,71+,72?,74+,76-,77+,78+,79-,84-,85+,93-/m1/s1. The maximum Gasteiger partial charge on any atom is 0.407 e. The van der Waals surface area contributed by atoms with Crippen molar-refractivity contribution >= 4 is 69.4 Å². The number of Topliss-reactive ketones (excluding diaryl/α,β-unsaturated/α-hetero) is 2. The number of anilines is 2. The lowest BCUT2D eigenvalue weighted by Gasteiger charge is -2.43. The number of aromatic nitrogens is 5. The number of azide groups is 1. The SMILES string of the molecule is CO[C@H]1C[C@@H]2CC[C@@H](C)[C@@](O)(O2)C(=O)C(=O)N2CCCC[C@H]2C(=O)O[C@H]([C@H](C)C[C@@H]2CC[C@@H](OC(=O)NCCOCCOCCOCCOCCOCCOCCOCCOCCC(=O)N3CCc4cc(Cn5nc(-c6ccc7oc(N)nc7c6)c6c(N)ncnc65)ccc4C3)[C@H](OC)C2)CC(N=[N+]=[N-])[C@H](C)/C=C(\C)[C@@H](O)[C@@H](OC)C(=O)[C@H](C)C[C@H](C)/C=C/C=C/C=C/1C. The largest absolute Gasteiger partial charge is 0.461 e. The topological polar surface area (TPSA) is 461 Å². The molecule has 36 heteroatoms. The van der Waals surface area contributed by atoms with Gasteiger partial charge in [0.1, 0.15) is 53.8 Å². The number of aliphatic hydroxyl groups is 2. The molecule has 1 saturated carbocycles. The van der Waals surface area contributed by atoms with Gasteiger partial charge in [0.25, 0.3) is 17.7 Å². The fourth-order valence-electron chi connectivity index (χ4n) is 17.5. The van der Waals surface area contributed by atoms with Crippen molar-refractivity contribution in [2.75, 3.05) is 158 Å². The van der Waals surface area contributed by atoms with E-state index in [1.807, 2.05) is 86.7 Å². The van der Waals surface area contributed by atoms with Crippen LogP contribution in [0.5, 0.6) is 0 Å². The summed E-state index contributed by atoms with van der Waals surface area (Å²) in [6.07, 6.45) is 12.3. The number of hydrogen-bond acceptors (Lipinski definition) is 30. The van der Waals surface area contributed by atoms with Crippen LogP contribution in [-0.2, 0) is 110 Å². The average molecular weight is 1800 g/mol. The Morgan fingerprint density at radius 3 is 2.09 bits per heavy atom. The van der Waals surface area contributed by atoms with Crippen LogP contribution in [0.1, 0.15) is 149 Å². The summed E-state index contributed by atoms with van der Waals surface area (Å²) in [6.45, 7) is 20.4. The molecule has 16 atom stereocenters. The van der Waals surface area contributed by atoms with Crippen LogP contribution in [0.2, 0.25) is 0 Å². The van der Waals surface area contributed by atoms with Gasteiger partial charge in [0.2, 0.25) is 11.7 Å². The van der Waals surface area contributed by atoms with Gasteiger partial charge in [-0.05, 0) is 166 Å². The van der Waals surface area contributed by atoms with Gasteiger partial charge in [-0.2, -0.15) is 10.1 Å². The third-order valence-corrected chi connectivity index (χ3v) is 24.9. The molecule has 10 rings (SSSR count). The Hall–Kier alpha value is -9.21. The molecule has 7 heterocycles. The minimum Gasteiger partial charge on any atom is -0.461 e. The second-order valence-electron chi connectivity index (χ2n) is 34.3. The van der Waals surface area contributed by atoms with Crippen LogP contribution in [-0.4, -0.2) is 287 Å². The zero-order valence-corrected chi connectivity index (χ0v) is 76.5. The van der Waals surface area contributed by atoms with Crippen LogP contribution < -0.4 is 16.8 Å². The summed E-state index contributed by atoms with van der Waals surface area (Å²) in [7, 11) is 4.51. The van der Waals surface area contributed by atoms with E-state index in [1.54, 1.807) is 40.2 Å². The molecular weight excluding hydrogens is 1670 g/mol. The number of allylic oxidation sites excluding steroid dienone is 5. The Morgan fingerprint density at radius 2 is 1.42 bits per heavy atom. The number of nitrogens with one attached hydrogen (secondary N) is 1. The van der Waals surface area contributed by atoms with Crippen molar-refractivity contribution < 1.29 is 110 Å². The molecule has 2 bridgehead atoms. The van der Waals surface area contributed by atoms with Crippen molar-refractivity contribution in [2.24, 2.45) is 40.6 Å². The molecule has 0 radical (unpaired) electrons. The highest BCUT2D eigenvalue weighted by Crippen LogP contribution is 2.40. The number of methoxy groups -OCH3 is 3. The fraction of sp³-hybridized carbons (Fsp3) is 0.656. The molecule has 3 aromatic heterocycles. The van der Waals surface area contributed by atoms with E-state index in [0.29, 0.717) is 216 Å². The summed E-state index contributed by atoms with van der Waals surface area (Å²) in [5.74, 6) is -7.67. The summed E-state index contributed by atoms with van der Waals surface area (Å²) >= 11 is 0. The monoisotopic (exact) mass is 1800 g/mol. The van der Waals surface area contributed by atoms with Gasteiger partial charge in [-0.1, -0.05) is 94.4 Å². The number of rotatable bonds is 38. The highest BCUT2D eigenvalue weighted by molar-refractivity contribution is 6.39. The number of carbonyl (C=O) groups excluding carboxylic acids is 6. The second-order valence-corrected chi connectivity index (χ2v) is 34.3. The predicted molar refractivity (Wildman–Crippen MR) is 478 cm³/mol. The smallest absolute Gasteiger partial charge is 0.407 e. The van der Waals surface area contributed by atoms with Crippen molar-refractivity contribution in [2.45, 2.75) is 212 Å². The Labute approximate surface area is 755 Å². The van der Waals surface area contributed by atoms with Crippen molar-refractivity contribution in [3.05, 3.63) is 117 Å². The van der Waals surface area contributed by atoms with Gasteiger partial charge in [0.05, 0.1) is 142 Å². The van der Waals surface area contributed by atoms with Crippen LogP contribution in [0.15, 0.2) is 99.9 Å². The van der Waals surface area contributed by atoms with Crippen LogP contribution in [0, 0.1) is 35.5 Å². The summed E-state index contributed by atoms with van der Waals surface area (Å²) < 4.78 is 88.6. The molecule has 3 fully saturated rings. The molecule has 36 nitrogen and oxygen atoms in total. The number of nitrogens with two attached hydrogens (primary N) is 2. The molecule has 2 aromatic carbocycles. The van der Waals surface area contributed by atoms with Crippen molar-refractivity contribution in [1.29, 1.82) is 0 Å². The van der Waals surface area contributed by atoms with E-state index in [2.05, 4.69) is 48.5 Å². The van der Waals surface area contributed by atoms with Crippen LogP contribution in [0.25, 0.3) is 43.8 Å². The summed E-state index contributed by atoms with van der Waals surface area (Å²) in [4.78, 5) is 104. The lowest BCUT2D eigenvalue weighted by atomic mass is 9.78. The Kier molecular flexibility index (Phi) is 41.2. The lowest BCUT2D eigenvalue weighted by molar-refractivity contribution is -0.265. The van der Waals surface area contributed by atoms with E-state index < -0.39 is 108 Å². The normalized spacial score (nSPS) is 27.2. The molecule has 129 heavy (non-hydrogen) atoms. The Balaban J connectivity index is 0.562. The number of ether oxygens (including phenoxy) is 14. The van der Waals surface area contributed by atoms with E-state index in [0.717, 1.165) is 28.7 Å². The molecule has 5 aromatic rings. The van der Waals surface area contributed by atoms with Gasteiger partial charge in [0.15, 0.2) is 17.0 Å². The first-order valence-electron chi connectivity index (χ1n) is 45.4. The third-order valence-electron chi connectivity index (χ3n) is 24.9. The average Bonchev–Trinajstić information content (AvgIpc) is 1.59. The minimum absolute atomic E-state index is 0.00678. The van der Waals surface area contributed by atoms with Gasteiger partial charge < -0.3 is 108 Å². The Bertz CT molecular complexity index is 4610. The minimum atomic E-state index is -2.49. The van der Waals surface area contributed by atoms with Crippen molar-refractivity contribution in [1.82, 2.24) is 39.8 Å². The number of carbonyl (C=O) groups is 6. The van der Waals surface area contributed by atoms with E-state index in [1.165, 1.54) is 23.9 Å². The molecule has 3 amide bonds. The van der Waals surface area contributed by atoms with Gasteiger partial charge in [-0.25, -0.2) is 24.2 Å². The second kappa shape index (κ2) is 52.1. The fourth-order valence-corrected chi connectivity index (χ4v) is 17.5. The van der Waals surface area contributed by atoms with Crippen LogP contribution in [0.4, 0.5) is 16.6 Å². The molecule has 7 N–H and O–H groups in total. The van der Waals surface area contributed by atoms with E-state index in [4.69, 9.17) is 87.3 Å². The number of amides is 3. The number of cyclic esters (lactones) is 1. The molecular formula is C93H135N13O23. The third kappa shape index (κ3) is 29.9. The number of alkyl carbamates (subject to hydrolysis) is 1. The number of esters is 1. The first-order valence-corrected chi connectivity index (χ1v) is 45.4. The molecule has 2 saturated heterocycles. The van der Waals surface area contributed by atoms with Gasteiger partial charge in [0, 0.05) is 82.3 Å². The number of piperidine rings is 1. The zero-order valence-electron chi connectivity index (χ0n) is 76.5. The Morgan fingerprint density at radius 1 is 0.736 bits per heavy atom. The van der Waals surface area contributed by atoms with Crippen molar-refractivity contribution in [3.63, 3.8) is 0 Å². The predicted octanol–water partition coefficient (Wildman–Crippen LogP) is 10.3. The molecule has 1 unspecified atom stereocenters. The number of oxazole rings is 1. The van der Waals surface area contributed by atoms with E-state index in [9.17, 15) is 44.5 Å². The molecule has 1 aliphatic carbocycles. The van der Waals surface area contributed by atoms with Gasteiger partial charge >= 0.3 is 12.1 Å². The van der Waals surface area contributed by atoms with Gasteiger partial charge in [-0.3, -0.25) is 19.2 Å². The zero-order chi connectivity index (χ0) is 92.4. The summed E-state index contributed by atoms with van der Waals surface area (Å²) in [5, 5.41) is 36.5. The number of ketones is 2. The summed E-state index contributed by atoms with van der Waals surface area (Å²) in [5.41, 5.74) is 30.1. The van der Waals surface area contributed by atoms with E-state index >= 15 is 0 Å². The molecule has 0 spiro atoms. The number of nitrogens with zero attached hydrogens (tertiary/aromatic N) is 10. The summed E-state index contributed by atoms with van der Waals surface area (Å²) in [6, 6.07) is 9.85. The first-order chi connectivity index (χ1) is 62.3. The quantitative estimate of drug-likeness (QED) is 0.00466. The van der Waals surface area contributed by atoms with Gasteiger partial charge in [-0.15, -0.1) is 0 Å². The number of nitrogen functional groups attached to an aromatic ring is 2. The highest BCUT2D eigenvalue weighted by Gasteiger charge is 2.53. The van der Waals surface area contributed by atoms with Crippen LogP contribution in [0.3, 0.4) is 0 Å². The number of fused-ring (bicyclic) bond motifs is 6. The molecule has 5 aliphatic rings. The number of benzene rings is 2. The highest BCUT2D eigenvalue weighted by atomic mass is 16.6. The van der Waals surface area contributed by atoms with Crippen molar-refractivity contribution in [3.8, 4) is 11.3 Å². The number of aliphatic hydroxyl groups excluding tert-OH is 1. The van der Waals surface area contributed by atoms with E-state index in [-0.39, 0.29) is 74.9 Å². The maximum absolute atomic E-state index is 14.9. The molecule has 710 valence electrons. The molecule has 4 aliphatic heterocycles. The first kappa shape index (κ1) is 102. The maximum atomic E-state index is 14.9. The van der Waals surface area contributed by atoms with Crippen LogP contribution >= 0.6 is 0 Å².